The lowest BCUT2D eigenvalue weighted by Crippen LogP contribution is -2.34. The molecule has 0 radical (unpaired) electrons. The van der Waals surface area contributed by atoms with E-state index in [0.717, 1.165) is 30.6 Å². The molecule has 1 aliphatic carbocycles. The summed E-state index contributed by atoms with van der Waals surface area (Å²) in [6.45, 7) is 3.82. The maximum Gasteiger partial charge on any atom is 0.183 e. The van der Waals surface area contributed by atoms with Crippen LogP contribution < -0.4 is 0 Å². The molecule has 0 aromatic heterocycles. The maximum atomic E-state index is 13.0. The smallest absolute Gasteiger partial charge is 0.183 e. The molecule has 1 saturated heterocycles. The molecule has 2 nitrogen and oxygen atoms in total. The number of rotatable bonds is 8. The van der Waals surface area contributed by atoms with Crippen LogP contribution >= 0.6 is 0 Å². The standard InChI is InChI=1S/C23H35FO2/c1-2-3-4-5-6-7-18-8-10-19(11-9-18)21-16-25-23(26-17-21)20-12-14-22(24)15-13-20/h12-15,18-19,21,23H,2-11,16-17H2,1H3/t18-,19-,21-,23-. The number of benzene rings is 1. The summed E-state index contributed by atoms with van der Waals surface area (Å²) in [6.07, 6.45) is 13.5. The summed E-state index contributed by atoms with van der Waals surface area (Å²) < 4.78 is 24.9. The van der Waals surface area contributed by atoms with Crippen molar-refractivity contribution in [3.63, 3.8) is 0 Å². The lowest BCUT2D eigenvalue weighted by atomic mass is 9.74. The van der Waals surface area contributed by atoms with Crippen molar-refractivity contribution in [1.82, 2.24) is 0 Å². The third-order valence-electron chi connectivity index (χ3n) is 6.34. The Morgan fingerprint density at radius 1 is 0.846 bits per heavy atom. The minimum Gasteiger partial charge on any atom is -0.348 e. The van der Waals surface area contributed by atoms with Crippen molar-refractivity contribution in [3.05, 3.63) is 35.6 Å². The van der Waals surface area contributed by atoms with Gasteiger partial charge < -0.3 is 9.47 Å². The van der Waals surface area contributed by atoms with Crippen LogP contribution in [0.5, 0.6) is 0 Å². The van der Waals surface area contributed by atoms with Crippen LogP contribution in [0.1, 0.15) is 83.0 Å². The molecule has 0 N–H and O–H groups in total. The van der Waals surface area contributed by atoms with E-state index in [-0.39, 0.29) is 12.1 Å². The Balaban J connectivity index is 1.34. The van der Waals surface area contributed by atoms with Crippen LogP contribution in [0.2, 0.25) is 0 Å². The van der Waals surface area contributed by atoms with Gasteiger partial charge in [0, 0.05) is 11.5 Å². The second kappa shape index (κ2) is 10.4. The van der Waals surface area contributed by atoms with Gasteiger partial charge in [-0.2, -0.15) is 0 Å². The summed E-state index contributed by atoms with van der Waals surface area (Å²) in [5.41, 5.74) is 0.914. The van der Waals surface area contributed by atoms with Crippen LogP contribution in [0.3, 0.4) is 0 Å². The maximum absolute atomic E-state index is 13.0. The van der Waals surface area contributed by atoms with Crippen molar-refractivity contribution in [3.8, 4) is 0 Å². The molecule has 3 heteroatoms. The van der Waals surface area contributed by atoms with Crippen molar-refractivity contribution in [2.45, 2.75) is 77.4 Å². The van der Waals surface area contributed by atoms with Crippen LogP contribution in [-0.4, -0.2) is 13.2 Å². The van der Waals surface area contributed by atoms with Gasteiger partial charge in [0.25, 0.3) is 0 Å². The molecule has 2 aliphatic rings. The summed E-state index contributed by atoms with van der Waals surface area (Å²) in [5.74, 6) is 2.01. The summed E-state index contributed by atoms with van der Waals surface area (Å²) >= 11 is 0. The molecule has 0 atom stereocenters. The predicted molar refractivity (Wildman–Crippen MR) is 103 cm³/mol. The summed E-state index contributed by atoms with van der Waals surface area (Å²) in [6, 6.07) is 6.45. The summed E-state index contributed by atoms with van der Waals surface area (Å²) in [5, 5.41) is 0. The van der Waals surface area contributed by atoms with E-state index in [9.17, 15) is 4.39 Å². The fourth-order valence-electron chi connectivity index (χ4n) is 4.59. The van der Waals surface area contributed by atoms with Crippen LogP contribution in [0.25, 0.3) is 0 Å². The van der Waals surface area contributed by atoms with Crippen molar-refractivity contribution >= 4 is 0 Å². The number of hydrogen-bond donors (Lipinski definition) is 0. The van der Waals surface area contributed by atoms with Crippen LogP contribution in [0.15, 0.2) is 24.3 Å². The van der Waals surface area contributed by atoms with E-state index in [0.29, 0.717) is 5.92 Å². The van der Waals surface area contributed by atoms with Gasteiger partial charge in [-0.15, -0.1) is 0 Å². The molecule has 1 heterocycles. The van der Waals surface area contributed by atoms with Gasteiger partial charge >= 0.3 is 0 Å². The summed E-state index contributed by atoms with van der Waals surface area (Å²) in [4.78, 5) is 0. The molecule has 0 bridgehead atoms. The molecular formula is C23H35FO2. The van der Waals surface area contributed by atoms with E-state index in [1.807, 2.05) is 0 Å². The molecule has 1 aromatic rings. The van der Waals surface area contributed by atoms with E-state index in [4.69, 9.17) is 9.47 Å². The molecule has 2 fully saturated rings. The van der Waals surface area contributed by atoms with Crippen LogP contribution in [-0.2, 0) is 9.47 Å². The van der Waals surface area contributed by atoms with Gasteiger partial charge in [0.05, 0.1) is 13.2 Å². The third kappa shape index (κ3) is 5.79. The highest BCUT2D eigenvalue weighted by Gasteiger charge is 2.32. The first-order valence-corrected chi connectivity index (χ1v) is 10.7. The van der Waals surface area contributed by atoms with E-state index in [1.165, 1.54) is 76.3 Å². The highest BCUT2D eigenvalue weighted by molar-refractivity contribution is 5.17. The van der Waals surface area contributed by atoms with Gasteiger partial charge in [-0.25, -0.2) is 4.39 Å². The SMILES string of the molecule is CCCCCCC[C@H]1CC[C@H]([C@H]2CO[C@H](c3ccc(F)cc3)OC2)CC1. The van der Waals surface area contributed by atoms with Gasteiger partial charge in [-0.1, -0.05) is 70.4 Å². The van der Waals surface area contributed by atoms with Gasteiger partial charge in [0.15, 0.2) is 6.29 Å². The zero-order chi connectivity index (χ0) is 18.2. The minimum absolute atomic E-state index is 0.218. The van der Waals surface area contributed by atoms with Crippen molar-refractivity contribution in [2.24, 2.45) is 17.8 Å². The lowest BCUT2D eigenvalue weighted by Gasteiger charge is -2.38. The molecule has 1 saturated carbocycles. The van der Waals surface area contributed by atoms with E-state index < -0.39 is 0 Å². The molecule has 1 aromatic carbocycles. The Kier molecular flexibility index (Phi) is 7.94. The zero-order valence-electron chi connectivity index (χ0n) is 16.3. The average molecular weight is 363 g/mol. The van der Waals surface area contributed by atoms with Gasteiger partial charge in [-0.3, -0.25) is 0 Å². The molecule has 0 spiro atoms. The monoisotopic (exact) mass is 362 g/mol. The Morgan fingerprint density at radius 2 is 1.50 bits per heavy atom. The van der Waals surface area contributed by atoms with Gasteiger partial charge in [0.1, 0.15) is 5.82 Å². The molecule has 0 amide bonds. The number of unbranched alkanes of at least 4 members (excludes halogenated alkanes) is 4. The Hall–Kier alpha value is -0.930. The fraction of sp³-hybridized carbons (Fsp3) is 0.739. The normalized spacial score (nSPS) is 29.6. The second-order valence-electron chi connectivity index (χ2n) is 8.29. The van der Waals surface area contributed by atoms with E-state index >= 15 is 0 Å². The van der Waals surface area contributed by atoms with E-state index in [1.54, 1.807) is 12.1 Å². The molecule has 146 valence electrons. The Morgan fingerprint density at radius 3 is 2.15 bits per heavy atom. The fourth-order valence-corrected chi connectivity index (χ4v) is 4.59. The van der Waals surface area contributed by atoms with E-state index in [2.05, 4.69) is 6.92 Å². The zero-order valence-corrected chi connectivity index (χ0v) is 16.3. The van der Waals surface area contributed by atoms with Gasteiger partial charge in [-0.05, 0) is 36.8 Å². The predicted octanol–water partition coefficient (Wildman–Crippen LogP) is 6.65. The van der Waals surface area contributed by atoms with Crippen LogP contribution in [0, 0.1) is 23.6 Å². The highest BCUT2D eigenvalue weighted by Crippen LogP contribution is 2.38. The van der Waals surface area contributed by atoms with Crippen molar-refractivity contribution < 1.29 is 13.9 Å². The Bertz CT molecular complexity index is 499. The first-order valence-electron chi connectivity index (χ1n) is 10.7. The van der Waals surface area contributed by atoms with Crippen LogP contribution in [0.4, 0.5) is 4.39 Å². The number of hydrogen-bond acceptors (Lipinski definition) is 2. The minimum atomic E-state index is -0.327. The first kappa shape index (κ1) is 19.8. The lowest BCUT2D eigenvalue weighted by molar-refractivity contribution is -0.214. The third-order valence-corrected chi connectivity index (χ3v) is 6.34. The molecule has 1 aliphatic heterocycles. The van der Waals surface area contributed by atoms with Crippen molar-refractivity contribution in [2.75, 3.05) is 13.2 Å². The Labute approximate surface area is 158 Å². The number of halogens is 1. The quantitative estimate of drug-likeness (QED) is 0.482. The molecule has 3 rings (SSSR count). The number of ether oxygens (including phenoxy) is 2. The molecule has 26 heavy (non-hydrogen) atoms. The summed E-state index contributed by atoms with van der Waals surface area (Å²) in [7, 11) is 0. The molecule has 0 unspecified atom stereocenters. The van der Waals surface area contributed by atoms with Crippen molar-refractivity contribution in [1.29, 1.82) is 0 Å². The first-order chi connectivity index (χ1) is 12.8. The molecular weight excluding hydrogens is 327 g/mol. The average Bonchev–Trinajstić information content (AvgIpc) is 2.69. The second-order valence-corrected chi connectivity index (χ2v) is 8.29. The topological polar surface area (TPSA) is 18.5 Å². The largest absolute Gasteiger partial charge is 0.348 e. The highest BCUT2D eigenvalue weighted by atomic mass is 19.1. The van der Waals surface area contributed by atoms with Gasteiger partial charge in [0.2, 0.25) is 0 Å².